The second-order valence-electron chi connectivity index (χ2n) is 5.22. The van der Waals surface area contributed by atoms with Crippen LogP contribution in [-0.2, 0) is 19.9 Å². The molecule has 3 rings (SSSR count). The Kier molecular flexibility index (Phi) is 4.32. The van der Waals surface area contributed by atoms with Crippen molar-refractivity contribution in [3.05, 3.63) is 52.9 Å². The number of rotatable bonds is 5. The van der Waals surface area contributed by atoms with Gasteiger partial charge in [0.15, 0.2) is 0 Å². The summed E-state index contributed by atoms with van der Waals surface area (Å²) in [5.41, 5.74) is 0.214. The maximum absolute atomic E-state index is 12.5. The van der Waals surface area contributed by atoms with E-state index in [9.17, 15) is 30.4 Å². The first-order valence-electron chi connectivity index (χ1n) is 6.96. The Bertz CT molecular complexity index is 1230. The van der Waals surface area contributed by atoms with Gasteiger partial charge in [0.25, 0.3) is 10.0 Å². The first kappa shape index (κ1) is 18.1. The summed E-state index contributed by atoms with van der Waals surface area (Å²) in [4.78, 5) is 15.4. The highest BCUT2D eigenvalue weighted by Gasteiger charge is 2.26. The fourth-order valence-corrected chi connectivity index (χ4v) is 4.01. The second kappa shape index (κ2) is 6.21. The van der Waals surface area contributed by atoms with Gasteiger partial charge in [-0.05, 0) is 42.5 Å². The summed E-state index contributed by atoms with van der Waals surface area (Å²) >= 11 is 0. The molecule has 0 fully saturated rings. The highest BCUT2D eigenvalue weighted by atomic mass is 32.2. The van der Waals surface area contributed by atoms with E-state index in [1.807, 2.05) is 0 Å². The Labute approximate surface area is 145 Å². The summed E-state index contributed by atoms with van der Waals surface area (Å²) in [6.07, 6.45) is 0. The highest BCUT2D eigenvalue weighted by Crippen LogP contribution is 2.23. The summed E-state index contributed by atoms with van der Waals surface area (Å²) in [7, 11) is -8.80. The number of nitrogens with one attached hydrogen (secondary N) is 3. The van der Waals surface area contributed by atoms with E-state index in [1.54, 1.807) is 0 Å². The molecule has 1 aromatic heterocycles. The number of alkyl halides is 2. The van der Waals surface area contributed by atoms with Crippen LogP contribution in [0, 0.1) is 0 Å². The van der Waals surface area contributed by atoms with Crippen LogP contribution in [0.4, 0.5) is 14.5 Å². The number of fused-ring (bicyclic) bond motifs is 1. The molecular weight excluding hydrogens is 392 g/mol. The third-order valence-electron chi connectivity index (χ3n) is 3.47. The lowest BCUT2D eigenvalue weighted by Crippen LogP contribution is -2.14. The number of benzene rings is 2. The first-order valence-corrected chi connectivity index (χ1v) is 9.99. The molecule has 0 bridgehead atoms. The van der Waals surface area contributed by atoms with Gasteiger partial charge >= 0.3 is 11.4 Å². The molecule has 0 saturated carbocycles. The molecule has 12 heteroatoms. The molecule has 3 aromatic rings. The fourth-order valence-electron chi connectivity index (χ4n) is 2.21. The summed E-state index contributed by atoms with van der Waals surface area (Å²) in [6, 6.07) is 7.79. The maximum atomic E-state index is 12.5. The van der Waals surface area contributed by atoms with E-state index in [-0.39, 0.29) is 16.1 Å². The number of imidazole rings is 1. The molecule has 0 atom stereocenters. The molecule has 2 aromatic carbocycles. The van der Waals surface area contributed by atoms with Crippen molar-refractivity contribution in [2.45, 2.75) is 15.5 Å². The summed E-state index contributed by atoms with van der Waals surface area (Å²) in [5.74, 6) is -3.57. The van der Waals surface area contributed by atoms with Gasteiger partial charge in [0.1, 0.15) is 0 Å². The van der Waals surface area contributed by atoms with E-state index >= 15 is 0 Å². The van der Waals surface area contributed by atoms with Crippen molar-refractivity contribution in [2.24, 2.45) is 0 Å². The van der Waals surface area contributed by atoms with Gasteiger partial charge in [-0.3, -0.25) is 4.72 Å². The van der Waals surface area contributed by atoms with Crippen LogP contribution in [0.25, 0.3) is 11.0 Å². The van der Waals surface area contributed by atoms with Crippen molar-refractivity contribution in [3.8, 4) is 0 Å². The standard InChI is InChI=1S/C14H11F2N3O5S2/c15-13(16)25(21,22)9-3-1-8(2-4-9)19-26(23,24)10-5-6-11-12(7-10)18-14(20)17-11/h1-7,13,19H,(H2,17,18,20). The molecule has 0 aliphatic rings. The van der Waals surface area contributed by atoms with Crippen LogP contribution in [0.2, 0.25) is 0 Å². The highest BCUT2D eigenvalue weighted by molar-refractivity contribution is 7.92. The normalized spacial score (nSPS) is 12.6. The minimum atomic E-state index is -4.76. The molecule has 0 radical (unpaired) electrons. The smallest absolute Gasteiger partial charge is 0.306 e. The lowest BCUT2D eigenvalue weighted by molar-refractivity contribution is 0.234. The Morgan fingerprint density at radius 3 is 2.04 bits per heavy atom. The summed E-state index contributed by atoms with van der Waals surface area (Å²) < 4.78 is 74.7. The number of sulfone groups is 1. The molecule has 138 valence electrons. The van der Waals surface area contributed by atoms with Crippen LogP contribution >= 0.6 is 0 Å². The van der Waals surface area contributed by atoms with Crippen molar-refractivity contribution in [3.63, 3.8) is 0 Å². The molecule has 26 heavy (non-hydrogen) atoms. The van der Waals surface area contributed by atoms with Crippen LogP contribution < -0.4 is 10.4 Å². The van der Waals surface area contributed by atoms with Crippen molar-refractivity contribution < 1.29 is 25.6 Å². The van der Waals surface area contributed by atoms with E-state index in [0.29, 0.717) is 5.52 Å². The van der Waals surface area contributed by atoms with E-state index in [0.717, 1.165) is 24.3 Å². The van der Waals surface area contributed by atoms with Crippen LogP contribution in [0.15, 0.2) is 57.1 Å². The number of aromatic nitrogens is 2. The van der Waals surface area contributed by atoms with Crippen molar-refractivity contribution in [2.75, 3.05) is 4.72 Å². The largest absolute Gasteiger partial charge is 0.341 e. The summed E-state index contributed by atoms with van der Waals surface area (Å²) in [5, 5.41) is 0. The Balaban J connectivity index is 1.90. The van der Waals surface area contributed by atoms with Crippen LogP contribution in [0.3, 0.4) is 0 Å². The molecular formula is C14H11F2N3O5S2. The number of hydrogen-bond donors (Lipinski definition) is 3. The second-order valence-corrected chi connectivity index (χ2v) is 8.82. The molecule has 0 aliphatic carbocycles. The molecule has 8 nitrogen and oxygen atoms in total. The molecule has 1 heterocycles. The zero-order valence-electron chi connectivity index (χ0n) is 12.7. The quantitative estimate of drug-likeness (QED) is 0.597. The van der Waals surface area contributed by atoms with Gasteiger partial charge in [-0.25, -0.2) is 21.6 Å². The fraction of sp³-hybridized carbons (Fsp3) is 0.0714. The Morgan fingerprint density at radius 1 is 0.846 bits per heavy atom. The average molecular weight is 403 g/mol. The van der Waals surface area contributed by atoms with Crippen LogP contribution in [-0.4, -0.2) is 32.6 Å². The minimum absolute atomic E-state index is 0.0131. The van der Waals surface area contributed by atoms with Crippen molar-refractivity contribution in [1.29, 1.82) is 0 Å². The number of anilines is 1. The Morgan fingerprint density at radius 2 is 1.42 bits per heavy atom. The molecule has 0 unspecified atom stereocenters. The third-order valence-corrected chi connectivity index (χ3v) is 6.24. The molecule has 0 saturated heterocycles. The van der Waals surface area contributed by atoms with Gasteiger partial charge in [-0.1, -0.05) is 0 Å². The SMILES string of the molecule is O=c1[nH]c2ccc(S(=O)(=O)Nc3ccc(S(=O)(=O)C(F)F)cc3)cc2[nH]1. The molecule has 0 spiro atoms. The average Bonchev–Trinajstić information content (AvgIpc) is 2.94. The van der Waals surface area contributed by atoms with Gasteiger partial charge in [0.2, 0.25) is 9.84 Å². The van der Waals surface area contributed by atoms with Crippen LogP contribution in [0.1, 0.15) is 0 Å². The van der Waals surface area contributed by atoms with Gasteiger partial charge in [0.05, 0.1) is 20.8 Å². The van der Waals surface area contributed by atoms with E-state index in [2.05, 4.69) is 14.7 Å². The van der Waals surface area contributed by atoms with Gasteiger partial charge < -0.3 is 9.97 Å². The molecule has 0 aliphatic heterocycles. The summed E-state index contributed by atoms with van der Waals surface area (Å²) in [6.45, 7) is 0. The Hall–Kier alpha value is -2.73. The lowest BCUT2D eigenvalue weighted by atomic mass is 10.3. The minimum Gasteiger partial charge on any atom is -0.306 e. The van der Waals surface area contributed by atoms with Gasteiger partial charge in [-0.2, -0.15) is 8.78 Å². The predicted molar refractivity (Wildman–Crippen MR) is 89.4 cm³/mol. The predicted octanol–water partition coefficient (Wildman–Crippen LogP) is 1.65. The molecule has 3 N–H and O–H groups in total. The first-order chi connectivity index (χ1) is 12.1. The third kappa shape index (κ3) is 3.32. The van der Waals surface area contributed by atoms with E-state index < -0.39 is 36.2 Å². The van der Waals surface area contributed by atoms with Crippen molar-refractivity contribution >= 4 is 36.6 Å². The van der Waals surface area contributed by atoms with Crippen molar-refractivity contribution in [1.82, 2.24) is 9.97 Å². The number of sulfonamides is 1. The molecule has 0 amide bonds. The zero-order chi connectivity index (χ0) is 19.1. The van der Waals surface area contributed by atoms with Crippen LogP contribution in [0.5, 0.6) is 0 Å². The van der Waals surface area contributed by atoms with Gasteiger partial charge in [0, 0.05) is 5.69 Å². The number of halogens is 2. The monoisotopic (exact) mass is 403 g/mol. The number of hydrogen-bond acceptors (Lipinski definition) is 5. The lowest BCUT2D eigenvalue weighted by Gasteiger charge is -2.09. The van der Waals surface area contributed by atoms with Gasteiger partial charge in [-0.15, -0.1) is 0 Å². The van der Waals surface area contributed by atoms with E-state index in [4.69, 9.17) is 0 Å². The topological polar surface area (TPSA) is 129 Å². The zero-order valence-corrected chi connectivity index (χ0v) is 14.4. The number of aromatic amines is 2. The number of H-pyrrole nitrogens is 2. The maximum Gasteiger partial charge on any atom is 0.341 e. The van der Waals surface area contributed by atoms with E-state index in [1.165, 1.54) is 18.2 Å².